The molecule has 4 aromatic rings. The van der Waals surface area contributed by atoms with Gasteiger partial charge >= 0.3 is 0 Å². The Morgan fingerprint density at radius 1 is 1.24 bits per heavy atom. The largest absolute Gasteiger partial charge is 0.442 e. The van der Waals surface area contributed by atoms with Crippen molar-refractivity contribution in [2.24, 2.45) is 7.05 Å². The number of carbonyl (C=O) groups excluding carboxylic acids is 1. The van der Waals surface area contributed by atoms with E-state index in [1.54, 1.807) is 25.3 Å². The maximum absolute atomic E-state index is 12.7. The molecular weight excluding hydrogens is 388 g/mol. The number of carbonyl (C=O) groups is 1. The number of amides is 1. The number of furan rings is 1. The van der Waals surface area contributed by atoms with Crippen LogP contribution in [0.25, 0.3) is 22.4 Å². The number of rotatable bonds is 5. The average molecular weight is 408 g/mol. The van der Waals surface area contributed by atoms with Crippen LogP contribution in [0.3, 0.4) is 0 Å². The molecule has 29 heavy (non-hydrogen) atoms. The first-order chi connectivity index (χ1) is 13.9. The van der Waals surface area contributed by atoms with Crippen LogP contribution in [-0.4, -0.2) is 27.0 Å². The van der Waals surface area contributed by atoms with E-state index in [2.05, 4.69) is 15.3 Å². The molecule has 3 aromatic heterocycles. The van der Waals surface area contributed by atoms with Gasteiger partial charge in [0.2, 0.25) is 5.71 Å². The fourth-order valence-electron chi connectivity index (χ4n) is 3.21. The molecule has 0 aliphatic carbocycles. The first-order valence-electron chi connectivity index (χ1n) is 9.18. The van der Waals surface area contributed by atoms with Crippen LogP contribution in [0.1, 0.15) is 26.7 Å². The van der Waals surface area contributed by atoms with Crippen molar-refractivity contribution >= 4 is 28.3 Å². The van der Waals surface area contributed by atoms with E-state index in [1.165, 1.54) is 10.9 Å². The number of nitrogens with one attached hydrogen (secondary N) is 1. The van der Waals surface area contributed by atoms with Crippen LogP contribution in [0.5, 0.6) is 0 Å². The Morgan fingerprint density at radius 3 is 2.69 bits per heavy atom. The molecule has 3 heterocycles. The minimum atomic E-state index is -0.332. The van der Waals surface area contributed by atoms with E-state index < -0.39 is 0 Å². The molecule has 1 N–H and O–H groups in total. The fourth-order valence-corrected chi connectivity index (χ4v) is 3.83. The van der Waals surface area contributed by atoms with E-state index in [4.69, 9.17) is 4.42 Å². The van der Waals surface area contributed by atoms with Gasteiger partial charge < -0.3 is 14.3 Å². The molecule has 0 aliphatic heterocycles. The summed E-state index contributed by atoms with van der Waals surface area (Å²) in [4.78, 5) is 33.6. The Bertz CT molecular complexity index is 1250. The molecule has 0 radical (unpaired) electrons. The molecule has 8 heteroatoms. The quantitative estimate of drug-likeness (QED) is 0.548. The third-order valence-corrected chi connectivity index (χ3v) is 5.52. The molecule has 1 amide bonds. The lowest BCUT2D eigenvalue weighted by Gasteiger charge is -2.06. The van der Waals surface area contributed by atoms with Crippen molar-refractivity contribution in [2.45, 2.75) is 20.3 Å². The number of fused-ring (bicyclic) bond motifs is 1. The zero-order chi connectivity index (χ0) is 20.5. The molecule has 148 valence electrons. The van der Waals surface area contributed by atoms with E-state index in [0.29, 0.717) is 18.7 Å². The maximum Gasteiger partial charge on any atom is 0.265 e. The van der Waals surface area contributed by atoms with Crippen LogP contribution < -0.4 is 10.9 Å². The summed E-state index contributed by atoms with van der Waals surface area (Å²) in [7, 11) is 1.59. The van der Waals surface area contributed by atoms with Crippen LogP contribution in [0.4, 0.5) is 0 Å². The standard InChI is InChI=1S/C21H20N4O3S/c1-12-17(18-20(28-12)23-11-25(3)21(18)27)19(26)22-9-8-14-4-6-15(7-5-14)16-10-29-13(2)24-16/h4-7,10-11H,8-9H2,1-3H3,(H,22,26). The van der Waals surface area contributed by atoms with E-state index in [9.17, 15) is 9.59 Å². The smallest absolute Gasteiger partial charge is 0.265 e. The highest BCUT2D eigenvalue weighted by atomic mass is 32.1. The van der Waals surface area contributed by atoms with Crippen LogP contribution in [-0.2, 0) is 13.5 Å². The Morgan fingerprint density at radius 2 is 2.00 bits per heavy atom. The molecule has 0 fully saturated rings. The Balaban J connectivity index is 1.44. The predicted octanol–water partition coefficient (Wildman–Crippen LogP) is 3.24. The van der Waals surface area contributed by atoms with Gasteiger partial charge in [0.15, 0.2) is 0 Å². The van der Waals surface area contributed by atoms with Gasteiger partial charge in [0, 0.05) is 24.5 Å². The van der Waals surface area contributed by atoms with Crippen LogP contribution in [0, 0.1) is 13.8 Å². The van der Waals surface area contributed by atoms with Crippen molar-refractivity contribution in [1.82, 2.24) is 19.9 Å². The van der Waals surface area contributed by atoms with Gasteiger partial charge in [-0.25, -0.2) is 9.97 Å². The number of hydrogen-bond donors (Lipinski definition) is 1. The molecule has 0 unspecified atom stereocenters. The van der Waals surface area contributed by atoms with Gasteiger partial charge in [-0.3, -0.25) is 9.59 Å². The molecule has 4 rings (SSSR count). The lowest BCUT2D eigenvalue weighted by atomic mass is 10.1. The second kappa shape index (κ2) is 7.63. The minimum absolute atomic E-state index is 0.184. The van der Waals surface area contributed by atoms with Crippen molar-refractivity contribution < 1.29 is 9.21 Å². The maximum atomic E-state index is 12.7. The zero-order valence-electron chi connectivity index (χ0n) is 16.4. The average Bonchev–Trinajstić information content (AvgIpc) is 3.28. The molecule has 0 spiro atoms. The number of hydrogen-bond acceptors (Lipinski definition) is 6. The molecular formula is C21H20N4O3S. The van der Waals surface area contributed by atoms with E-state index in [0.717, 1.165) is 21.8 Å². The minimum Gasteiger partial charge on any atom is -0.442 e. The third-order valence-electron chi connectivity index (χ3n) is 4.74. The fraction of sp³-hybridized carbons (Fsp3) is 0.238. The highest BCUT2D eigenvalue weighted by Gasteiger charge is 2.22. The highest BCUT2D eigenvalue weighted by molar-refractivity contribution is 7.09. The summed E-state index contributed by atoms with van der Waals surface area (Å²) in [6, 6.07) is 8.15. The predicted molar refractivity (Wildman–Crippen MR) is 112 cm³/mol. The Hall–Kier alpha value is -3.26. The van der Waals surface area contributed by atoms with E-state index in [-0.39, 0.29) is 28.1 Å². The van der Waals surface area contributed by atoms with Crippen molar-refractivity contribution in [3.63, 3.8) is 0 Å². The molecule has 7 nitrogen and oxygen atoms in total. The number of nitrogens with zero attached hydrogens (tertiary/aromatic N) is 3. The van der Waals surface area contributed by atoms with Gasteiger partial charge in [0.25, 0.3) is 11.5 Å². The zero-order valence-corrected chi connectivity index (χ0v) is 17.2. The molecule has 1 aromatic carbocycles. The normalized spacial score (nSPS) is 11.1. The van der Waals surface area contributed by atoms with Gasteiger partial charge in [0.1, 0.15) is 17.5 Å². The summed E-state index contributed by atoms with van der Waals surface area (Å²) < 4.78 is 6.82. The molecule has 0 bridgehead atoms. The van der Waals surface area contributed by atoms with Crippen molar-refractivity contribution in [2.75, 3.05) is 6.54 Å². The summed E-state index contributed by atoms with van der Waals surface area (Å²) in [5.41, 5.74) is 3.29. The Labute approximate surface area is 171 Å². The summed E-state index contributed by atoms with van der Waals surface area (Å²) in [5, 5.41) is 6.18. The summed E-state index contributed by atoms with van der Waals surface area (Å²) in [6.07, 6.45) is 2.05. The molecule has 0 saturated carbocycles. The van der Waals surface area contributed by atoms with Gasteiger partial charge in [-0.2, -0.15) is 0 Å². The van der Waals surface area contributed by atoms with Crippen LogP contribution in [0.2, 0.25) is 0 Å². The van der Waals surface area contributed by atoms with Gasteiger partial charge in [-0.05, 0) is 25.8 Å². The molecule has 0 saturated heterocycles. The van der Waals surface area contributed by atoms with Crippen molar-refractivity contribution in [1.29, 1.82) is 0 Å². The number of aromatic nitrogens is 3. The van der Waals surface area contributed by atoms with Gasteiger partial charge in [-0.15, -0.1) is 11.3 Å². The summed E-state index contributed by atoms with van der Waals surface area (Å²) in [6.45, 7) is 4.09. The second-order valence-electron chi connectivity index (χ2n) is 6.83. The first-order valence-corrected chi connectivity index (χ1v) is 10.1. The number of benzene rings is 1. The first kappa shape index (κ1) is 19.1. The Kier molecular flexibility index (Phi) is 5.02. The lowest BCUT2D eigenvalue weighted by Crippen LogP contribution is -2.28. The third kappa shape index (κ3) is 3.71. The number of thiazole rings is 1. The van der Waals surface area contributed by atoms with E-state index in [1.807, 2.05) is 36.6 Å². The SMILES string of the molecule is Cc1nc(-c2ccc(CCNC(=O)c3c(C)oc4ncn(C)c(=O)c34)cc2)cs1. The molecule has 0 aliphatic rings. The number of aryl methyl sites for hydroxylation is 3. The van der Waals surface area contributed by atoms with Gasteiger partial charge in [-0.1, -0.05) is 24.3 Å². The van der Waals surface area contributed by atoms with Gasteiger partial charge in [0.05, 0.1) is 16.3 Å². The summed E-state index contributed by atoms with van der Waals surface area (Å²) >= 11 is 1.63. The van der Waals surface area contributed by atoms with Crippen molar-refractivity contribution in [3.05, 3.63) is 68.2 Å². The van der Waals surface area contributed by atoms with Crippen LogP contribution >= 0.6 is 11.3 Å². The van der Waals surface area contributed by atoms with Crippen LogP contribution in [0.15, 0.2) is 45.2 Å². The summed E-state index contributed by atoms with van der Waals surface area (Å²) in [5.74, 6) is 0.0529. The van der Waals surface area contributed by atoms with Crippen molar-refractivity contribution in [3.8, 4) is 11.3 Å². The van der Waals surface area contributed by atoms with E-state index >= 15 is 0 Å². The monoisotopic (exact) mass is 408 g/mol. The second-order valence-corrected chi connectivity index (χ2v) is 7.89. The lowest BCUT2D eigenvalue weighted by molar-refractivity contribution is 0.0954. The topological polar surface area (TPSA) is 90.0 Å². The highest BCUT2D eigenvalue weighted by Crippen LogP contribution is 2.22. The molecule has 0 atom stereocenters.